The number of hydrogen-bond acceptors (Lipinski definition) is 16. The number of carbonyl (C=O) groups is 5. The number of alkyl carbamates (subject to hydrolysis) is 1. The number of fused-ring (bicyclic) bond motifs is 1. The van der Waals surface area contributed by atoms with Gasteiger partial charge in [-0.15, -0.1) is 16.9 Å². The van der Waals surface area contributed by atoms with Crippen LogP contribution in [0.1, 0.15) is 11.3 Å². The predicted molar refractivity (Wildman–Crippen MR) is 147 cm³/mol. The van der Waals surface area contributed by atoms with Gasteiger partial charge in [0.2, 0.25) is 16.8 Å². The van der Waals surface area contributed by atoms with Crippen LogP contribution in [0.3, 0.4) is 0 Å². The van der Waals surface area contributed by atoms with Gasteiger partial charge in [0.15, 0.2) is 5.76 Å². The van der Waals surface area contributed by atoms with Crippen molar-refractivity contribution in [1.29, 1.82) is 0 Å². The number of nitrogens with one attached hydrogen (secondary N) is 2. The van der Waals surface area contributed by atoms with Crippen LogP contribution in [0, 0.1) is 0 Å². The van der Waals surface area contributed by atoms with Crippen molar-refractivity contribution in [2.45, 2.75) is 29.2 Å². The molecule has 236 valence electrons. The molecule has 20 nitrogen and oxygen atoms in total. The molecule has 0 spiro atoms. The fourth-order valence-corrected chi connectivity index (χ4v) is 6.13. The van der Waals surface area contributed by atoms with Crippen molar-refractivity contribution in [3.63, 3.8) is 0 Å². The van der Waals surface area contributed by atoms with Gasteiger partial charge >= 0.3 is 18.2 Å². The second-order valence-electron chi connectivity index (χ2n) is 8.81. The first kappa shape index (κ1) is 32.1. The van der Waals surface area contributed by atoms with Gasteiger partial charge in [-0.1, -0.05) is 16.9 Å². The zero-order chi connectivity index (χ0) is 32.0. The van der Waals surface area contributed by atoms with Crippen LogP contribution in [-0.4, -0.2) is 114 Å². The molecule has 44 heavy (non-hydrogen) atoms. The Morgan fingerprint density at radius 2 is 2.11 bits per heavy atom. The first-order valence-electron chi connectivity index (χ1n) is 12.3. The van der Waals surface area contributed by atoms with E-state index < -0.39 is 54.1 Å². The van der Waals surface area contributed by atoms with Gasteiger partial charge in [-0.25, -0.2) is 14.3 Å². The number of furan rings is 1. The minimum atomic E-state index is -1.61. The number of rotatable bonds is 13. The summed E-state index contributed by atoms with van der Waals surface area (Å²) < 4.78 is 16.6. The van der Waals surface area contributed by atoms with E-state index in [9.17, 15) is 29.1 Å². The number of hydrogen-bond donors (Lipinski definition) is 5. The maximum absolute atomic E-state index is 13.3. The summed E-state index contributed by atoms with van der Waals surface area (Å²) >= 11 is 2.50. The number of ether oxygens (including phenoxy) is 2. The van der Waals surface area contributed by atoms with Crippen molar-refractivity contribution in [2.75, 3.05) is 25.2 Å². The van der Waals surface area contributed by atoms with Crippen molar-refractivity contribution in [2.24, 2.45) is 17.9 Å². The lowest BCUT2D eigenvalue weighted by atomic mass is 10.1. The van der Waals surface area contributed by atoms with Crippen molar-refractivity contribution in [1.82, 2.24) is 35.7 Å². The fraction of sp³-hybridized carbons (Fsp3) is 0.409. The third kappa shape index (κ3) is 7.20. The summed E-state index contributed by atoms with van der Waals surface area (Å²) in [6.45, 7) is -0.791. The normalized spacial score (nSPS) is 18.6. The lowest BCUT2D eigenvalue weighted by Crippen LogP contribution is -2.70. The van der Waals surface area contributed by atoms with Crippen LogP contribution in [0.4, 0.5) is 9.59 Å². The Bertz CT molecular complexity index is 1510. The average molecular weight is 656 g/mol. The Balaban J connectivity index is 1.42. The number of amides is 3. The quantitative estimate of drug-likeness (QED) is 0.0562. The Labute approximate surface area is 255 Å². The number of aliphatic carboxylic acids is 1. The molecule has 0 aromatic carbocycles. The van der Waals surface area contributed by atoms with Crippen LogP contribution in [0.15, 0.2) is 38.5 Å². The molecular weight excluding hydrogens is 630 g/mol. The number of tetrazole rings is 1. The van der Waals surface area contributed by atoms with E-state index >= 15 is 0 Å². The monoisotopic (exact) mass is 655 g/mol. The van der Waals surface area contributed by atoms with Crippen molar-refractivity contribution in [3.8, 4) is 0 Å². The van der Waals surface area contributed by atoms with E-state index in [1.54, 1.807) is 7.05 Å². The van der Waals surface area contributed by atoms with E-state index in [2.05, 4.69) is 31.3 Å². The summed E-state index contributed by atoms with van der Waals surface area (Å²) in [6, 6.07) is -1.05. The number of carboxylic acid groups (broad SMARTS) is 2. The molecule has 6 N–H and O–H groups in total. The standard InChI is InChI=1S/C22H25N9O11S2/c1-30-20(26-28-29-30)44-8-10-7-43-18-13(16(33)31(18)17(10)42-22(37)38)25-15(32)12(27-39-2)14-9(3-4-40-14)5-24-21(36)41-6-11(23)19(34)35/h3-4,11,13,18H,5-8,23H2,1-2H3,(H,24,36)(H,25,32)(H,34,35)(H,37,38)/t11-,13-,18+/m1/s1. The molecule has 4 rings (SSSR count). The molecule has 4 heterocycles. The topological polar surface area (TPSA) is 276 Å². The number of oxime groups is 1. The van der Waals surface area contributed by atoms with E-state index in [-0.39, 0.29) is 41.0 Å². The van der Waals surface area contributed by atoms with Crippen molar-refractivity contribution < 1.29 is 52.9 Å². The van der Waals surface area contributed by atoms with Gasteiger partial charge in [0.1, 0.15) is 31.2 Å². The third-order valence-corrected chi connectivity index (χ3v) is 8.35. The molecule has 2 aliphatic rings. The smallest absolute Gasteiger partial charge is 0.480 e. The Kier molecular flexibility index (Phi) is 10.3. The van der Waals surface area contributed by atoms with Crippen LogP contribution < -0.4 is 16.4 Å². The number of nitrogens with two attached hydrogens (primary N) is 1. The van der Waals surface area contributed by atoms with Crippen LogP contribution in [-0.2, 0) is 42.3 Å². The summed E-state index contributed by atoms with van der Waals surface area (Å²) in [5, 5.41) is 37.7. The van der Waals surface area contributed by atoms with Gasteiger partial charge in [-0.3, -0.25) is 19.3 Å². The highest BCUT2D eigenvalue weighted by atomic mass is 32.2. The fourth-order valence-electron chi connectivity index (χ4n) is 3.83. The van der Waals surface area contributed by atoms with Crippen LogP contribution in [0.25, 0.3) is 0 Å². The average Bonchev–Trinajstić information content (AvgIpc) is 3.63. The van der Waals surface area contributed by atoms with Gasteiger partial charge < -0.3 is 45.3 Å². The Morgan fingerprint density at radius 1 is 1.34 bits per heavy atom. The van der Waals surface area contributed by atoms with Gasteiger partial charge in [0.25, 0.3) is 11.8 Å². The minimum Gasteiger partial charge on any atom is -0.480 e. The zero-order valence-corrected chi connectivity index (χ0v) is 24.5. The molecule has 0 saturated carbocycles. The summed E-state index contributed by atoms with van der Waals surface area (Å²) in [5.74, 6) is -2.58. The maximum Gasteiger partial charge on any atom is 0.512 e. The maximum atomic E-state index is 13.3. The number of nitrogens with zero attached hydrogens (tertiary/aromatic N) is 6. The third-order valence-electron chi connectivity index (χ3n) is 5.91. The molecule has 1 fully saturated rings. The molecular formula is C22H25N9O11S2. The number of aryl methyl sites for hydroxylation is 1. The van der Waals surface area contributed by atoms with E-state index in [1.807, 2.05) is 0 Å². The van der Waals surface area contributed by atoms with Crippen LogP contribution in [0.5, 0.6) is 0 Å². The van der Waals surface area contributed by atoms with E-state index in [0.29, 0.717) is 10.7 Å². The molecule has 22 heteroatoms. The molecule has 2 aromatic heterocycles. The molecule has 0 aliphatic carbocycles. The number of thioether (sulfide) groups is 2. The first-order chi connectivity index (χ1) is 21.0. The van der Waals surface area contributed by atoms with Crippen LogP contribution in [0.2, 0.25) is 0 Å². The predicted octanol–water partition coefficient (Wildman–Crippen LogP) is -1.11. The summed E-state index contributed by atoms with van der Waals surface area (Å²) in [5.41, 5.74) is 5.71. The molecule has 3 atom stereocenters. The molecule has 2 aromatic rings. The SMILES string of the molecule is CON=C(C(=O)N[C@@H]1C(=O)N2C(OC(=O)O)=C(CSc3nnnn3C)CS[C@@H]12)c1occc1CNC(=O)OC[C@@H](N)C(=O)O. The Hall–Kier alpha value is -4.83. The highest BCUT2D eigenvalue weighted by molar-refractivity contribution is 8.01. The highest BCUT2D eigenvalue weighted by Crippen LogP contribution is 2.41. The van der Waals surface area contributed by atoms with E-state index in [1.165, 1.54) is 47.6 Å². The first-order valence-corrected chi connectivity index (χ1v) is 14.4. The second kappa shape index (κ2) is 14.1. The molecule has 0 bridgehead atoms. The van der Waals surface area contributed by atoms with E-state index in [4.69, 9.17) is 29.6 Å². The summed E-state index contributed by atoms with van der Waals surface area (Å²) in [7, 11) is 2.82. The summed E-state index contributed by atoms with van der Waals surface area (Å²) in [4.78, 5) is 66.5. The molecule has 0 radical (unpaired) electrons. The van der Waals surface area contributed by atoms with Crippen molar-refractivity contribution in [3.05, 3.63) is 35.1 Å². The van der Waals surface area contributed by atoms with Gasteiger partial charge in [0, 0.05) is 29.7 Å². The largest absolute Gasteiger partial charge is 0.512 e. The number of carboxylic acids is 1. The Morgan fingerprint density at radius 3 is 2.77 bits per heavy atom. The van der Waals surface area contributed by atoms with Crippen LogP contribution >= 0.6 is 23.5 Å². The molecule has 3 amide bonds. The summed E-state index contributed by atoms with van der Waals surface area (Å²) in [6.07, 6.45) is -1.37. The lowest BCUT2D eigenvalue weighted by molar-refractivity contribution is -0.148. The lowest BCUT2D eigenvalue weighted by Gasteiger charge is -2.49. The second-order valence-corrected chi connectivity index (χ2v) is 10.9. The number of aromatic nitrogens is 4. The van der Waals surface area contributed by atoms with Crippen molar-refractivity contribution >= 4 is 59.3 Å². The highest BCUT2D eigenvalue weighted by Gasteiger charge is 2.54. The zero-order valence-electron chi connectivity index (χ0n) is 22.9. The number of carbonyl (C=O) groups excluding carboxylic acids is 3. The van der Waals surface area contributed by atoms with E-state index in [0.717, 1.165) is 4.90 Å². The van der Waals surface area contributed by atoms with Gasteiger partial charge in [-0.2, -0.15) is 0 Å². The van der Waals surface area contributed by atoms with Gasteiger partial charge in [-0.05, 0) is 16.5 Å². The van der Waals surface area contributed by atoms with Gasteiger partial charge in [0.05, 0.1) is 12.8 Å². The molecule has 2 aliphatic heterocycles. The molecule has 0 unspecified atom stereocenters. The minimum absolute atomic E-state index is 0.0980. The number of β-lactam (4-membered cyclic amide) rings is 1. The molecule has 1 saturated heterocycles.